The van der Waals surface area contributed by atoms with Crippen LogP contribution in [0.4, 0.5) is 14.6 Å². The Bertz CT molecular complexity index is 543. The molecule has 5 nitrogen and oxygen atoms in total. The van der Waals surface area contributed by atoms with Crippen LogP contribution in [0.1, 0.15) is 0 Å². The third kappa shape index (κ3) is 3.90. The van der Waals surface area contributed by atoms with E-state index >= 15 is 0 Å². The van der Waals surface area contributed by atoms with E-state index in [0.717, 1.165) is 5.82 Å². The highest BCUT2D eigenvalue weighted by Crippen LogP contribution is 2.21. The summed E-state index contributed by atoms with van der Waals surface area (Å²) >= 11 is 5.83. The average molecular weight is 345 g/mol. The van der Waals surface area contributed by atoms with Crippen LogP contribution in [0.15, 0.2) is 18.3 Å². The van der Waals surface area contributed by atoms with Gasteiger partial charge in [0.05, 0.1) is 17.5 Å². The Morgan fingerprint density at radius 2 is 1.96 bits per heavy atom. The normalized spacial score (nSPS) is 20.0. The number of nitrogens with zero attached hydrogens (tertiary/aromatic N) is 4. The maximum absolute atomic E-state index is 12.4. The fourth-order valence-corrected chi connectivity index (χ4v) is 3.15. The molecule has 0 spiro atoms. The molecule has 2 fully saturated rings. The highest BCUT2D eigenvalue weighted by atomic mass is 35.5. The van der Waals surface area contributed by atoms with E-state index in [4.69, 9.17) is 11.6 Å². The van der Waals surface area contributed by atoms with Crippen molar-refractivity contribution >= 4 is 23.3 Å². The van der Waals surface area contributed by atoms with Crippen LogP contribution in [-0.4, -0.2) is 72.9 Å². The molecule has 3 rings (SSSR count). The molecule has 2 aliphatic heterocycles. The van der Waals surface area contributed by atoms with E-state index in [9.17, 15) is 13.6 Å². The molecular weight excluding hydrogens is 326 g/mol. The molecule has 0 bridgehead atoms. The van der Waals surface area contributed by atoms with E-state index in [-0.39, 0.29) is 18.4 Å². The van der Waals surface area contributed by atoms with Crippen molar-refractivity contribution < 1.29 is 13.6 Å². The van der Waals surface area contributed by atoms with Crippen molar-refractivity contribution in [3.63, 3.8) is 0 Å². The molecule has 126 valence electrons. The third-order valence-electron chi connectivity index (χ3n) is 4.33. The monoisotopic (exact) mass is 344 g/mol. The summed E-state index contributed by atoms with van der Waals surface area (Å²) < 4.78 is 24.5. The van der Waals surface area contributed by atoms with Crippen LogP contribution < -0.4 is 4.90 Å². The Balaban J connectivity index is 1.46. The van der Waals surface area contributed by atoms with E-state index in [1.54, 1.807) is 17.2 Å². The zero-order valence-electron chi connectivity index (χ0n) is 12.7. The second kappa shape index (κ2) is 6.97. The molecule has 0 radical (unpaired) electrons. The molecule has 0 saturated carbocycles. The number of pyridine rings is 1. The van der Waals surface area contributed by atoms with Gasteiger partial charge in [0.1, 0.15) is 5.82 Å². The molecule has 1 aromatic heterocycles. The van der Waals surface area contributed by atoms with Crippen LogP contribution >= 0.6 is 11.6 Å². The maximum atomic E-state index is 12.4. The molecule has 0 N–H and O–H groups in total. The van der Waals surface area contributed by atoms with E-state index < -0.39 is 6.43 Å². The summed E-state index contributed by atoms with van der Waals surface area (Å²) in [7, 11) is 0. The van der Waals surface area contributed by atoms with E-state index in [0.29, 0.717) is 44.3 Å². The molecular formula is C15H19ClF2N4O. The van der Waals surface area contributed by atoms with Gasteiger partial charge in [0.25, 0.3) is 6.43 Å². The van der Waals surface area contributed by atoms with Crippen LogP contribution in [0.2, 0.25) is 5.02 Å². The topological polar surface area (TPSA) is 39.7 Å². The predicted octanol–water partition coefficient (Wildman–Crippen LogP) is 1.58. The minimum absolute atomic E-state index is 0.0826. The quantitative estimate of drug-likeness (QED) is 0.831. The lowest BCUT2D eigenvalue weighted by Crippen LogP contribution is -2.58. The van der Waals surface area contributed by atoms with Gasteiger partial charge in [0.2, 0.25) is 5.91 Å². The van der Waals surface area contributed by atoms with Crippen LogP contribution in [0.3, 0.4) is 0 Å². The summed E-state index contributed by atoms with van der Waals surface area (Å²) in [6, 6.07) is 3.67. The molecule has 1 amide bonds. The zero-order valence-corrected chi connectivity index (χ0v) is 13.4. The Hall–Kier alpha value is -1.47. The number of hydrogen-bond acceptors (Lipinski definition) is 4. The number of carbonyl (C=O) groups is 1. The van der Waals surface area contributed by atoms with Crippen molar-refractivity contribution in [1.29, 1.82) is 0 Å². The minimum Gasteiger partial charge on any atom is -0.353 e. The first kappa shape index (κ1) is 16.4. The zero-order chi connectivity index (χ0) is 16.4. The first-order chi connectivity index (χ1) is 11.0. The van der Waals surface area contributed by atoms with Gasteiger partial charge < -0.3 is 9.80 Å². The number of hydrogen-bond donors (Lipinski definition) is 0. The molecule has 3 heterocycles. The number of piperazine rings is 1. The lowest BCUT2D eigenvalue weighted by Gasteiger charge is -2.42. The third-order valence-corrected chi connectivity index (χ3v) is 4.55. The van der Waals surface area contributed by atoms with Gasteiger partial charge in [-0.1, -0.05) is 11.6 Å². The van der Waals surface area contributed by atoms with Crippen molar-refractivity contribution in [3.8, 4) is 0 Å². The van der Waals surface area contributed by atoms with Crippen LogP contribution in [0.5, 0.6) is 0 Å². The number of aromatic nitrogens is 1. The molecule has 0 aliphatic carbocycles. The molecule has 0 aromatic carbocycles. The van der Waals surface area contributed by atoms with Gasteiger partial charge in [0, 0.05) is 45.5 Å². The number of likely N-dealkylation sites (tertiary alicyclic amines) is 1. The Morgan fingerprint density at radius 3 is 2.52 bits per heavy atom. The van der Waals surface area contributed by atoms with Crippen molar-refractivity contribution in [2.45, 2.75) is 6.43 Å². The standard InChI is InChI=1S/C15H19ClF2N4O/c16-12-1-2-14(19-7-12)21-3-5-22(6-4-21)15(23)11-8-20(9-11)10-13(17)18/h1-2,7,11,13H,3-6,8-10H2. The summed E-state index contributed by atoms with van der Waals surface area (Å²) in [6.45, 7) is 3.36. The van der Waals surface area contributed by atoms with Crippen molar-refractivity contribution in [3.05, 3.63) is 23.4 Å². The summed E-state index contributed by atoms with van der Waals surface area (Å²) in [5.41, 5.74) is 0. The number of halogens is 3. The number of carbonyl (C=O) groups excluding carboxylic acids is 1. The molecule has 8 heteroatoms. The van der Waals surface area contributed by atoms with Crippen molar-refractivity contribution in [2.75, 3.05) is 50.7 Å². The van der Waals surface area contributed by atoms with Crippen LogP contribution in [0.25, 0.3) is 0 Å². The van der Waals surface area contributed by atoms with Crippen LogP contribution in [-0.2, 0) is 4.79 Å². The Labute approximate surface area is 138 Å². The number of anilines is 1. The van der Waals surface area contributed by atoms with E-state index in [1.165, 1.54) is 0 Å². The predicted molar refractivity (Wildman–Crippen MR) is 84.0 cm³/mol. The lowest BCUT2D eigenvalue weighted by atomic mass is 9.98. The SMILES string of the molecule is O=C(C1CN(CC(F)F)C1)N1CCN(c2ccc(Cl)cn2)CC1. The van der Waals surface area contributed by atoms with Gasteiger partial charge in [-0.15, -0.1) is 0 Å². The molecule has 1 aromatic rings. The highest BCUT2D eigenvalue weighted by molar-refractivity contribution is 6.30. The van der Waals surface area contributed by atoms with Crippen LogP contribution in [0, 0.1) is 5.92 Å². The first-order valence-corrected chi connectivity index (χ1v) is 8.06. The molecule has 2 saturated heterocycles. The maximum Gasteiger partial charge on any atom is 0.251 e. The summed E-state index contributed by atoms with van der Waals surface area (Å²) in [4.78, 5) is 22.2. The van der Waals surface area contributed by atoms with Gasteiger partial charge in [-0.3, -0.25) is 9.69 Å². The highest BCUT2D eigenvalue weighted by Gasteiger charge is 2.37. The summed E-state index contributed by atoms with van der Waals surface area (Å²) in [6.07, 6.45) is -0.720. The second-order valence-electron chi connectivity index (χ2n) is 5.95. The fraction of sp³-hybridized carbons (Fsp3) is 0.600. The summed E-state index contributed by atoms with van der Waals surface area (Å²) in [5.74, 6) is 0.807. The number of amides is 1. The Kier molecular flexibility index (Phi) is 4.96. The molecule has 0 atom stereocenters. The van der Waals surface area contributed by atoms with Gasteiger partial charge in [-0.2, -0.15) is 0 Å². The minimum atomic E-state index is -2.33. The second-order valence-corrected chi connectivity index (χ2v) is 6.39. The Morgan fingerprint density at radius 1 is 1.26 bits per heavy atom. The molecule has 0 unspecified atom stereocenters. The first-order valence-electron chi connectivity index (χ1n) is 7.68. The van der Waals surface area contributed by atoms with Crippen molar-refractivity contribution in [2.24, 2.45) is 5.92 Å². The van der Waals surface area contributed by atoms with E-state index in [2.05, 4.69) is 9.88 Å². The van der Waals surface area contributed by atoms with Gasteiger partial charge >= 0.3 is 0 Å². The number of alkyl halides is 2. The lowest BCUT2D eigenvalue weighted by molar-refractivity contribution is -0.142. The fourth-order valence-electron chi connectivity index (χ4n) is 3.04. The van der Waals surface area contributed by atoms with Gasteiger partial charge in [0.15, 0.2) is 0 Å². The molecule has 23 heavy (non-hydrogen) atoms. The smallest absolute Gasteiger partial charge is 0.251 e. The summed E-state index contributed by atoms with van der Waals surface area (Å²) in [5, 5.41) is 0.598. The molecule has 2 aliphatic rings. The largest absolute Gasteiger partial charge is 0.353 e. The van der Waals surface area contributed by atoms with Crippen molar-refractivity contribution in [1.82, 2.24) is 14.8 Å². The van der Waals surface area contributed by atoms with Gasteiger partial charge in [-0.25, -0.2) is 13.8 Å². The van der Waals surface area contributed by atoms with E-state index in [1.807, 2.05) is 11.0 Å². The number of rotatable bonds is 4. The van der Waals surface area contributed by atoms with Gasteiger partial charge in [-0.05, 0) is 12.1 Å². The average Bonchev–Trinajstić information content (AvgIpc) is 2.51.